The highest BCUT2D eigenvalue weighted by Crippen LogP contribution is 2.20. The molecule has 0 fully saturated rings. The summed E-state index contributed by atoms with van der Waals surface area (Å²) < 4.78 is 0. The van der Waals surface area contributed by atoms with Gasteiger partial charge in [-0.1, -0.05) is 31.5 Å². The molecule has 1 aromatic rings. The van der Waals surface area contributed by atoms with Crippen LogP contribution in [-0.2, 0) is 6.54 Å². The van der Waals surface area contributed by atoms with Crippen molar-refractivity contribution in [3.63, 3.8) is 0 Å². The van der Waals surface area contributed by atoms with Crippen LogP contribution in [0, 0.1) is 16.7 Å². The van der Waals surface area contributed by atoms with Crippen LogP contribution in [0.3, 0.4) is 0 Å². The van der Waals surface area contributed by atoms with E-state index in [4.69, 9.17) is 22.0 Å². The highest BCUT2D eigenvalue weighted by molar-refractivity contribution is 6.31. The zero-order valence-electron chi connectivity index (χ0n) is 10.8. The fourth-order valence-corrected chi connectivity index (χ4v) is 1.93. The summed E-state index contributed by atoms with van der Waals surface area (Å²) in [6, 6.07) is 7.37. The summed E-state index contributed by atoms with van der Waals surface area (Å²) in [6.45, 7) is 5.89. The molecule has 0 heterocycles. The monoisotopic (exact) mass is 266 g/mol. The van der Waals surface area contributed by atoms with Crippen LogP contribution < -0.4 is 5.32 Å². The molecule has 3 nitrogen and oxygen atoms in total. The van der Waals surface area contributed by atoms with Crippen molar-refractivity contribution in [1.82, 2.24) is 5.32 Å². The summed E-state index contributed by atoms with van der Waals surface area (Å²) in [5.74, 6) is 0. The predicted octanol–water partition coefficient (Wildman–Crippen LogP) is 2.71. The molecule has 1 rings (SSSR count). The van der Waals surface area contributed by atoms with Gasteiger partial charge < -0.3 is 10.4 Å². The van der Waals surface area contributed by atoms with E-state index in [1.807, 2.05) is 6.07 Å². The predicted molar refractivity (Wildman–Crippen MR) is 73.4 cm³/mol. The number of nitrogens with zero attached hydrogens (tertiary/aromatic N) is 1. The van der Waals surface area contributed by atoms with Gasteiger partial charge in [0, 0.05) is 24.7 Å². The van der Waals surface area contributed by atoms with Crippen molar-refractivity contribution in [3.05, 3.63) is 34.3 Å². The second-order valence-electron chi connectivity index (χ2n) is 5.16. The minimum atomic E-state index is 0.0633. The number of hydrogen-bond donors (Lipinski definition) is 2. The minimum Gasteiger partial charge on any atom is -0.396 e. The van der Waals surface area contributed by atoms with Gasteiger partial charge in [-0.3, -0.25) is 0 Å². The Morgan fingerprint density at radius 1 is 1.44 bits per heavy atom. The van der Waals surface area contributed by atoms with Crippen molar-refractivity contribution >= 4 is 11.6 Å². The van der Waals surface area contributed by atoms with E-state index in [0.717, 1.165) is 18.5 Å². The van der Waals surface area contributed by atoms with Gasteiger partial charge in [-0.2, -0.15) is 5.26 Å². The number of hydrogen-bond acceptors (Lipinski definition) is 3. The SMILES string of the molecule is CC(C)(CCO)CNCc1ccc(C#N)cc1Cl. The maximum absolute atomic E-state index is 8.94. The van der Waals surface area contributed by atoms with Crippen LogP contribution in [0.5, 0.6) is 0 Å². The molecular formula is C14H19ClN2O. The van der Waals surface area contributed by atoms with Gasteiger partial charge >= 0.3 is 0 Å². The molecule has 1 aromatic carbocycles. The first-order chi connectivity index (χ1) is 8.48. The topological polar surface area (TPSA) is 56.0 Å². The lowest BCUT2D eigenvalue weighted by Gasteiger charge is -2.24. The third kappa shape index (κ3) is 4.66. The van der Waals surface area contributed by atoms with Gasteiger partial charge in [0.15, 0.2) is 0 Å². The fourth-order valence-electron chi connectivity index (χ4n) is 1.69. The van der Waals surface area contributed by atoms with Gasteiger partial charge in [-0.05, 0) is 29.5 Å². The number of nitrogens with one attached hydrogen (secondary N) is 1. The maximum atomic E-state index is 8.94. The second-order valence-corrected chi connectivity index (χ2v) is 5.57. The molecular weight excluding hydrogens is 248 g/mol. The molecule has 0 atom stereocenters. The standard InChI is InChI=1S/C14H19ClN2O/c1-14(2,5-6-18)10-17-9-12-4-3-11(8-16)7-13(12)15/h3-4,7,17-18H,5-6,9-10H2,1-2H3. The fraction of sp³-hybridized carbons (Fsp3) is 0.500. The number of rotatable bonds is 6. The van der Waals surface area contributed by atoms with E-state index in [9.17, 15) is 0 Å². The van der Waals surface area contributed by atoms with Gasteiger partial charge in [-0.25, -0.2) is 0 Å². The largest absolute Gasteiger partial charge is 0.396 e. The van der Waals surface area contributed by atoms with Crippen molar-refractivity contribution < 1.29 is 5.11 Å². The van der Waals surface area contributed by atoms with E-state index in [1.165, 1.54) is 0 Å². The van der Waals surface area contributed by atoms with E-state index in [-0.39, 0.29) is 12.0 Å². The average Bonchev–Trinajstić information content (AvgIpc) is 2.31. The second kappa shape index (κ2) is 6.75. The number of aliphatic hydroxyl groups is 1. The molecule has 18 heavy (non-hydrogen) atoms. The van der Waals surface area contributed by atoms with Crippen LogP contribution in [0.1, 0.15) is 31.4 Å². The van der Waals surface area contributed by atoms with Crippen molar-refractivity contribution in [2.24, 2.45) is 5.41 Å². The quantitative estimate of drug-likeness (QED) is 0.832. The smallest absolute Gasteiger partial charge is 0.0992 e. The number of benzene rings is 1. The van der Waals surface area contributed by atoms with E-state index in [1.54, 1.807) is 12.1 Å². The first kappa shape index (κ1) is 15.0. The lowest BCUT2D eigenvalue weighted by atomic mass is 9.90. The van der Waals surface area contributed by atoms with Crippen LogP contribution in [0.4, 0.5) is 0 Å². The third-order valence-electron chi connectivity index (χ3n) is 2.89. The summed E-state index contributed by atoms with van der Waals surface area (Å²) >= 11 is 6.09. The average molecular weight is 267 g/mol. The van der Waals surface area contributed by atoms with Gasteiger partial charge in [0.2, 0.25) is 0 Å². The molecule has 2 N–H and O–H groups in total. The van der Waals surface area contributed by atoms with Crippen molar-refractivity contribution in [2.45, 2.75) is 26.8 Å². The first-order valence-corrected chi connectivity index (χ1v) is 6.36. The molecule has 0 aliphatic carbocycles. The van der Waals surface area contributed by atoms with Crippen molar-refractivity contribution in [1.29, 1.82) is 5.26 Å². The Morgan fingerprint density at radius 2 is 2.17 bits per heavy atom. The zero-order chi connectivity index (χ0) is 13.6. The summed E-state index contributed by atoms with van der Waals surface area (Å²) in [7, 11) is 0. The molecule has 0 bridgehead atoms. The molecule has 98 valence electrons. The number of aliphatic hydroxyl groups excluding tert-OH is 1. The van der Waals surface area contributed by atoms with Gasteiger partial charge in [0.05, 0.1) is 11.6 Å². The molecule has 4 heteroatoms. The molecule has 0 aliphatic heterocycles. The number of halogens is 1. The Hall–Kier alpha value is -1.08. The highest BCUT2D eigenvalue weighted by atomic mass is 35.5. The lowest BCUT2D eigenvalue weighted by Crippen LogP contribution is -2.29. The van der Waals surface area contributed by atoms with E-state index >= 15 is 0 Å². The Bertz CT molecular complexity index is 438. The van der Waals surface area contributed by atoms with E-state index in [0.29, 0.717) is 17.1 Å². The van der Waals surface area contributed by atoms with Crippen LogP contribution in [-0.4, -0.2) is 18.3 Å². The van der Waals surface area contributed by atoms with Crippen LogP contribution in [0.2, 0.25) is 5.02 Å². The molecule has 0 saturated carbocycles. The molecule has 0 saturated heterocycles. The van der Waals surface area contributed by atoms with Crippen molar-refractivity contribution in [2.75, 3.05) is 13.2 Å². The first-order valence-electron chi connectivity index (χ1n) is 5.98. The molecule has 0 unspecified atom stereocenters. The normalized spacial score (nSPS) is 11.3. The van der Waals surface area contributed by atoms with Crippen LogP contribution >= 0.6 is 11.6 Å². The molecule has 0 spiro atoms. The summed E-state index contributed by atoms with van der Waals surface area (Å²) in [5.41, 5.74) is 1.62. The maximum Gasteiger partial charge on any atom is 0.0992 e. The molecule has 0 radical (unpaired) electrons. The molecule has 0 aromatic heterocycles. The van der Waals surface area contributed by atoms with E-state index < -0.39 is 0 Å². The minimum absolute atomic E-state index is 0.0633. The summed E-state index contributed by atoms with van der Waals surface area (Å²) in [6.07, 6.45) is 0.765. The Labute approximate surface area is 113 Å². The van der Waals surface area contributed by atoms with Crippen LogP contribution in [0.15, 0.2) is 18.2 Å². The summed E-state index contributed by atoms with van der Waals surface area (Å²) in [4.78, 5) is 0. The van der Waals surface area contributed by atoms with Gasteiger partial charge in [0.1, 0.15) is 0 Å². The third-order valence-corrected chi connectivity index (χ3v) is 3.24. The zero-order valence-corrected chi connectivity index (χ0v) is 11.6. The Kier molecular flexibility index (Phi) is 5.61. The van der Waals surface area contributed by atoms with Crippen molar-refractivity contribution in [3.8, 4) is 6.07 Å². The molecule has 0 aliphatic rings. The number of nitriles is 1. The van der Waals surface area contributed by atoms with Gasteiger partial charge in [-0.15, -0.1) is 0 Å². The van der Waals surface area contributed by atoms with Crippen LogP contribution in [0.25, 0.3) is 0 Å². The Morgan fingerprint density at radius 3 is 2.72 bits per heavy atom. The highest BCUT2D eigenvalue weighted by Gasteiger charge is 2.16. The summed E-state index contributed by atoms with van der Waals surface area (Å²) in [5, 5.41) is 21.6. The Balaban J connectivity index is 2.52. The molecule has 0 amide bonds. The van der Waals surface area contributed by atoms with E-state index in [2.05, 4.69) is 25.2 Å². The lowest BCUT2D eigenvalue weighted by molar-refractivity contribution is 0.207. The van der Waals surface area contributed by atoms with Gasteiger partial charge in [0.25, 0.3) is 0 Å².